The van der Waals surface area contributed by atoms with Crippen LogP contribution in [0.4, 0.5) is 11.5 Å². The number of hydrogen-bond acceptors (Lipinski definition) is 5. The summed E-state index contributed by atoms with van der Waals surface area (Å²) in [6, 6.07) is 12.0. The number of ether oxygens (including phenoxy) is 3. The quantitative estimate of drug-likeness (QED) is 0.639. The molecule has 0 unspecified atom stereocenters. The minimum absolute atomic E-state index is 0.239. The van der Waals surface area contributed by atoms with Crippen LogP contribution in [-0.2, 0) is 5.41 Å². The first kappa shape index (κ1) is 18.2. The van der Waals surface area contributed by atoms with Crippen LogP contribution in [0.25, 0.3) is 11.3 Å². The largest absolute Gasteiger partial charge is 0.494 e. The van der Waals surface area contributed by atoms with E-state index in [9.17, 15) is 0 Å². The molecule has 146 valence electrons. The van der Waals surface area contributed by atoms with Crippen LogP contribution < -0.4 is 19.5 Å². The Morgan fingerprint density at radius 3 is 2.54 bits per heavy atom. The molecule has 0 atom stereocenters. The molecule has 0 fully saturated rings. The average molecular weight is 379 g/mol. The van der Waals surface area contributed by atoms with Gasteiger partial charge < -0.3 is 19.5 Å². The van der Waals surface area contributed by atoms with Crippen LogP contribution in [0, 0.1) is 0 Å². The summed E-state index contributed by atoms with van der Waals surface area (Å²) >= 11 is 0. The second-order valence-corrected chi connectivity index (χ2v) is 7.29. The fourth-order valence-electron chi connectivity index (χ4n) is 3.94. The van der Waals surface area contributed by atoms with Gasteiger partial charge in [-0.15, -0.1) is 0 Å². The Hall–Kier alpha value is -3.15. The predicted octanol–water partition coefficient (Wildman–Crippen LogP) is 4.88. The van der Waals surface area contributed by atoms with E-state index in [1.54, 1.807) is 14.2 Å². The van der Waals surface area contributed by atoms with E-state index in [0.717, 1.165) is 39.8 Å². The van der Waals surface area contributed by atoms with E-state index in [0.29, 0.717) is 12.4 Å². The van der Waals surface area contributed by atoms with Gasteiger partial charge in [0.25, 0.3) is 0 Å². The summed E-state index contributed by atoms with van der Waals surface area (Å²) in [6.07, 6.45) is 0. The van der Waals surface area contributed by atoms with E-state index in [4.69, 9.17) is 14.2 Å². The van der Waals surface area contributed by atoms with Crippen LogP contribution in [-0.4, -0.2) is 31.0 Å². The molecule has 6 heteroatoms. The van der Waals surface area contributed by atoms with Gasteiger partial charge in [0.05, 0.1) is 26.5 Å². The standard InChI is InChI=1S/C22H25N3O3/c1-6-28-14-9-7-8-13(10-14)23-21-19-20(24-25-21)15-11-17(26-4)18(27-5)12-16(15)22(19,2)3/h7-12H,6H2,1-5H3,(H2,23,24,25). The van der Waals surface area contributed by atoms with Crippen LogP contribution in [0.2, 0.25) is 0 Å². The molecule has 2 aromatic carbocycles. The van der Waals surface area contributed by atoms with Gasteiger partial charge in [0.1, 0.15) is 5.75 Å². The first-order chi connectivity index (χ1) is 13.5. The van der Waals surface area contributed by atoms with Gasteiger partial charge in [0.2, 0.25) is 0 Å². The number of rotatable bonds is 6. The van der Waals surface area contributed by atoms with Crippen LogP contribution in [0.15, 0.2) is 36.4 Å². The average Bonchev–Trinajstić information content (AvgIpc) is 3.20. The molecule has 1 aliphatic rings. The van der Waals surface area contributed by atoms with Gasteiger partial charge in [-0.25, -0.2) is 0 Å². The summed E-state index contributed by atoms with van der Waals surface area (Å²) in [5.41, 5.74) is 5.09. The van der Waals surface area contributed by atoms with Crippen molar-refractivity contribution in [3.8, 4) is 28.5 Å². The molecule has 1 aromatic heterocycles. The Morgan fingerprint density at radius 2 is 1.82 bits per heavy atom. The van der Waals surface area contributed by atoms with E-state index >= 15 is 0 Å². The summed E-state index contributed by atoms with van der Waals surface area (Å²) in [7, 11) is 3.31. The maximum Gasteiger partial charge on any atom is 0.161 e. The van der Waals surface area contributed by atoms with Crippen LogP contribution in [0.3, 0.4) is 0 Å². The predicted molar refractivity (Wildman–Crippen MR) is 110 cm³/mol. The van der Waals surface area contributed by atoms with Gasteiger partial charge in [-0.1, -0.05) is 19.9 Å². The number of H-pyrrole nitrogens is 1. The summed E-state index contributed by atoms with van der Waals surface area (Å²) in [6.45, 7) is 7.00. The highest BCUT2D eigenvalue weighted by molar-refractivity contribution is 5.85. The minimum atomic E-state index is -0.239. The summed E-state index contributed by atoms with van der Waals surface area (Å²) in [4.78, 5) is 0. The van der Waals surface area contributed by atoms with Gasteiger partial charge in [0, 0.05) is 28.3 Å². The van der Waals surface area contributed by atoms with Crippen LogP contribution >= 0.6 is 0 Å². The lowest BCUT2D eigenvalue weighted by molar-refractivity contribution is 0.340. The Labute approximate surface area is 164 Å². The molecule has 1 aliphatic carbocycles. The SMILES string of the molecule is CCOc1cccc(Nc2n[nH]c3c2C(C)(C)c2cc(OC)c(OC)cc2-3)c1. The zero-order valence-electron chi connectivity index (χ0n) is 16.8. The highest BCUT2D eigenvalue weighted by atomic mass is 16.5. The number of methoxy groups -OCH3 is 2. The molecule has 4 rings (SSSR count). The van der Waals surface area contributed by atoms with Gasteiger partial charge in [-0.05, 0) is 36.8 Å². The molecular weight excluding hydrogens is 354 g/mol. The van der Waals surface area contributed by atoms with E-state index in [1.165, 1.54) is 5.56 Å². The van der Waals surface area contributed by atoms with Crippen molar-refractivity contribution in [1.29, 1.82) is 0 Å². The molecule has 0 saturated heterocycles. The lowest BCUT2D eigenvalue weighted by Gasteiger charge is -2.23. The molecule has 0 bridgehead atoms. The molecule has 3 aromatic rings. The Kier molecular flexibility index (Phi) is 4.41. The number of aromatic nitrogens is 2. The highest BCUT2D eigenvalue weighted by Crippen LogP contribution is 2.53. The lowest BCUT2D eigenvalue weighted by Crippen LogP contribution is -2.16. The molecule has 0 aliphatic heterocycles. The third-order valence-electron chi connectivity index (χ3n) is 5.27. The summed E-state index contributed by atoms with van der Waals surface area (Å²) in [5, 5.41) is 11.2. The van der Waals surface area contributed by atoms with Gasteiger partial charge in [-0.2, -0.15) is 5.10 Å². The monoisotopic (exact) mass is 379 g/mol. The molecule has 0 radical (unpaired) electrons. The molecule has 0 saturated carbocycles. The molecule has 1 heterocycles. The van der Waals surface area contributed by atoms with Crippen molar-refractivity contribution in [2.45, 2.75) is 26.2 Å². The van der Waals surface area contributed by atoms with Gasteiger partial charge >= 0.3 is 0 Å². The van der Waals surface area contributed by atoms with E-state index in [-0.39, 0.29) is 5.41 Å². The summed E-state index contributed by atoms with van der Waals surface area (Å²) < 4.78 is 16.6. The second kappa shape index (κ2) is 6.78. The smallest absolute Gasteiger partial charge is 0.161 e. The third kappa shape index (κ3) is 2.76. The fourth-order valence-corrected chi connectivity index (χ4v) is 3.94. The Morgan fingerprint density at radius 1 is 1.07 bits per heavy atom. The van der Waals surface area contributed by atoms with E-state index in [1.807, 2.05) is 37.3 Å². The number of benzene rings is 2. The lowest BCUT2D eigenvalue weighted by atomic mass is 9.82. The first-order valence-electron chi connectivity index (χ1n) is 9.35. The summed E-state index contributed by atoms with van der Waals surface area (Å²) in [5.74, 6) is 3.07. The maximum atomic E-state index is 5.60. The molecular formula is C22H25N3O3. The maximum absolute atomic E-state index is 5.60. The molecule has 6 nitrogen and oxygen atoms in total. The highest BCUT2D eigenvalue weighted by Gasteiger charge is 2.41. The van der Waals surface area contributed by atoms with Crippen molar-refractivity contribution in [3.63, 3.8) is 0 Å². The zero-order valence-corrected chi connectivity index (χ0v) is 16.8. The van der Waals surface area contributed by atoms with Crippen molar-refractivity contribution in [2.24, 2.45) is 0 Å². The van der Waals surface area contributed by atoms with Crippen LogP contribution in [0.1, 0.15) is 31.9 Å². The number of nitrogens with one attached hydrogen (secondary N) is 2. The first-order valence-corrected chi connectivity index (χ1v) is 9.35. The number of hydrogen-bond donors (Lipinski definition) is 2. The van der Waals surface area contributed by atoms with Crippen LogP contribution in [0.5, 0.6) is 17.2 Å². The number of aromatic amines is 1. The van der Waals surface area contributed by atoms with Crippen molar-refractivity contribution in [2.75, 3.05) is 26.1 Å². The van der Waals surface area contributed by atoms with Gasteiger partial charge in [-0.3, -0.25) is 5.10 Å². The van der Waals surface area contributed by atoms with Crippen molar-refractivity contribution in [1.82, 2.24) is 10.2 Å². The number of anilines is 2. The van der Waals surface area contributed by atoms with E-state index in [2.05, 4.69) is 35.4 Å². The zero-order chi connectivity index (χ0) is 19.9. The molecule has 0 amide bonds. The van der Waals surface area contributed by atoms with Gasteiger partial charge in [0.15, 0.2) is 17.3 Å². The van der Waals surface area contributed by atoms with Crippen molar-refractivity contribution in [3.05, 3.63) is 47.5 Å². The molecule has 28 heavy (non-hydrogen) atoms. The Bertz CT molecular complexity index is 1020. The van der Waals surface area contributed by atoms with Crippen molar-refractivity contribution >= 4 is 11.5 Å². The second-order valence-electron chi connectivity index (χ2n) is 7.29. The topological polar surface area (TPSA) is 68.4 Å². The normalized spacial score (nSPS) is 13.6. The molecule has 2 N–H and O–H groups in total. The number of nitrogens with zero attached hydrogens (tertiary/aromatic N) is 1. The fraction of sp³-hybridized carbons (Fsp3) is 0.318. The minimum Gasteiger partial charge on any atom is -0.494 e. The van der Waals surface area contributed by atoms with Crippen molar-refractivity contribution < 1.29 is 14.2 Å². The Balaban J connectivity index is 1.76. The third-order valence-corrected chi connectivity index (χ3v) is 5.27. The van der Waals surface area contributed by atoms with E-state index < -0.39 is 0 Å². The molecule has 0 spiro atoms. The number of fused-ring (bicyclic) bond motifs is 3.